The highest BCUT2D eigenvalue weighted by Gasteiger charge is 2.01. The second-order valence-corrected chi connectivity index (χ2v) is 4.03. The third kappa shape index (κ3) is 13.7. The van der Waals surface area contributed by atoms with Crippen molar-refractivity contribution in [2.45, 2.75) is 26.7 Å². The van der Waals surface area contributed by atoms with Crippen molar-refractivity contribution in [3.63, 3.8) is 0 Å². The molecular weight excluding hydrogens is 228 g/mol. The molecule has 2 N–H and O–H groups in total. The van der Waals surface area contributed by atoms with Crippen LogP contribution in [0.2, 0.25) is 0 Å². The fourth-order valence-corrected chi connectivity index (χ4v) is 1.10. The van der Waals surface area contributed by atoms with Gasteiger partial charge in [-0.2, -0.15) is 0 Å². The van der Waals surface area contributed by atoms with Crippen molar-refractivity contribution in [1.82, 2.24) is 10.6 Å². The van der Waals surface area contributed by atoms with Crippen LogP contribution in [0.4, 0.5) is 0 Å². The lowest BCUT2D eigenvalue weighted by Gasteiger charge is -2.07. The quantitative estimate of drug-likeness (QED) is 0.607. The standard InChI is InChI=1S/C11H24N2O2.ClH/c1-10(2)4-5-11(14)13-7-6-12-8-9-15-3;/h10,12H,4-9H2,1-3H3,(H,13,14);1H. The monoisotopic (exact) mass is 252 g/mol. The average molecular weight is 253 g/mol. The van der Waals surface area contributed by atoms with Gasteiger partial charge in [0.15, 0.2) is 0 Å². The molecule has 0 unspecified atom stereocenters. The van der Waals surface area contributed by atoms with Crippen LogP contribution in [-0.4, -0.2) is 39.3 Å². The van der Waals surface area contributed by atoms with Gasteiger partial charge in [0.2, 0.25) is 5.91 Å². The molecule has 0 aliphatic carbocycles. The third-order valence-electron chi connectivity index (χ3n) is 2.06. The van der Waals surface area contributed by atoms with Crippen LogP contribution in [-0.2, 0) is 9.53 Å². The summed E-state index contributed by atoms with van der Waals surface area (Å²) in [5.74, 6) is 0.743. The Morgan fingerprint density at radius 1 is 1.25 bits per heavy atom. The van der Waals surface area contributed by atoms with Gasteiger partial charge in [-0.25, -0.2) is 0 Å². The summed E-state index contributed by atoms with van der Waals surface area (Å²) in [6.45, 7) is 7.29. The van der Waals surface area contributed by atoms with E-state index in [1.165, 1.54) is 0 Å². The van der Waals surface area contributed by atoms with E-state index < -0.39 is 0 Å². The maximum atomic E-state index is 11.3. The number of amides is 1. The van der Waals surface area contributed by atoms with Crippen LogP contribution in [0.25, 0.3) is 0 Å². The number of nitrogens with one attached hydrogen (secondary N) is 2. The normalized spacial score (nSPS) is 10.0. The lowest BCUT2D eigenvalue weighted by molar-refractivity contribution is -0.121. The summed E-state index contributed by atoms with van der Waals surface area (Å²) in [7, 11) is 1.68. The molecule has 16 heavy (non-hydrogen) atoms. The molecule has 1 amide bonds. The Balaban J connectivity index is 0. The highest BCUT2D eigenvalue weighted by Crippen LogP contribution is 2.02. The smallest absolute Gasteiger partial charge is 0.220 e. The first-order valence-corrected chi connectivity index (χ1v) is 5.63. The van der Waals surface area contributed by atoms with E-state index >= 15 is 0 Å². The molecule has 4 nitrogen and oxygen atoms in total. The first-order valence-electron chi connectivity index (χ1n) is 5.63. The van der Waals surface area contributed by atoms with Crippen LogP contribution in [0.1, 0.15) is 26.7 Å². The maximum Gasteiger partial charge on any atom is 0.220 e. The highest BCUT2D eigenvalue weighted by atomic mass is 35.5. The number of hydrogen-bond acceptors (Lipinski definition) is 3. The summed E-state index contributed by atoms with van der Waals surface area (Å²) in [5, 5.41) is 6.04. The molecular formula is C11H25ClN2O2. The Morgan fingerprint density at radius 3 is 2.50 bits per heavy atom. The zero-order valence-electron chi connectivity index (χ0n) is 10.5. The minimum absolute atomic E-state index is 0. The van der Waals surface area contributed by atoms with Crippen LogP contribution in [0.3, 0.4) is 0 Å². The number of ether oxygens (including phenoxy) is 1. The zero-order chi connectivity index (χ0) is 11.5. The predicted molar refractivity (Wildman–Crippen MR) is 69.1 cm³/mol. The van der Waals surface area contributed by atoms with Crippen molar-refractivity contribution in [2.24, 2.45) is 5.92 Å². The molecule has 0 aromatic carbocycles. The van der Waals surface area contributed by atoms with Crippen molar-refractivity contribution in [2.75, 3.05) is 33.4 Å². The van der Waals surface area contributed by atoms with Gasteiger partial charge in [-0.3, -0.25) is 4.79 Å². The lowest BCUT2D eigenvalue weighted by Crippen LogP contribution is -2.33. The largest absolute Gasteiger partial charge is 0.383 e. The second kappa shape index (κ2) is 12.7. The molecule has 0 atom stereocenters. The van der Waals surface area contributed by atoms with E-state index in [4.69, 9.17) is 4.74 Å². The first kappa shape index (κ1) is 18.1. The Bertz CT molecular complexity index is 166. The molecule has 0 saturated carbocycles. The van der Waals surface area contributed by atoms with Gasteiger partial charge in [-0.1, -0.05) is 13.8 Å². The van der Waals surface area contributed by atoms with Crippen molar-refractivity contribution >= 4 is 18.3 Å². The minimum atomic E-state index is 0. The van der Waals surface area contributed by atoms with Crippen LogP contribution < -0.4 is 10.6 Å². The van der Waals surface area contributed by atoms with Gasteiger partial charge in [0.05, 0.1) is 6.61 Å². The van der Waals surface area contributed by atoms with Crippen LogP contribution in [0, 0.1) is 5.92 Å². The number of methoxy groups -OCH3 is 1. The molecule has 98 valence electrons. The van der Waals surface area contributed by atoms with E-state index in [0.29, 0.717) is 25.5 Å². The minimum Gasteiger partial charge on any atom is -0.383 e. The van der Waals surface area contributed by atoms with Crippen molar-refractivity contribution in [1.29, 1.82) is 0 Å². The first-order chi connectivity index (χ1) is 7.16. The van der Waals surface area contributed by atoms with E-state index in [0.717, 1.165) is 19.5 Å². The highest BCUT2D eigenvalue weighted by molar-refractivity contribution is 5.85. The summed E-state index contributed by atoms with van der Waals surface area (Å²) in [6, 6.07) is 0. The van der Waals surface area contributed by atoms with Gasteiger partial charge in [-0.15, -0.1) is 12.4 Å². The van der Waals surface area contributed by atoms with E-state index in [9.17, 15) is 4.79 Å². The lowest BCUT2D eigenvalue weighted by atomic mass is 10.1. The van der Waals surface area contributed by atoms with Gasteiger partial charge in [0.25, 0.3) is 0 Å². The van der Waals surface area contributed by atoms with Gasteiger partial charge in [0, 0.05) is 33.2 Å². The molecule has 0 spiro atoms. The molecule has 0 aromatic heterocycles. The molecule has 0 saturated heterocycles. The topological polar surface area (TPSA) is 50.4 Å². The van der Waals surface area contributed by atoms with Gasteiger partial charge >= 0.3 is 0 Å². The van der Waals surface area contributed by atoms with Gasteiger partial charge in [-0.05, 0) is 12.3 Å². The Kier molecular flexibility index (Phi) is 14.4. The van der Waals surface area contributed by atoms with E-state index in [2.05, 4.69) is 24.5 Å². The predicted octanol–water partition coefficient (Wildman–Crippen LogP) is 1.20. The van der Waals surface area contributed by atoms with Crippen molar-refractivity contribution < 1.29 is 9.53 Å². The summed E-state index contributed by atoms with van der Waals surface area (Å²) in [4.78, 5) is 11.3. The molecule has 0 aliphatic rings. The number of rotatable bonds is 9. The zero-order valence-corrected chi connectivity index (χ0v) is 11.4. The molecule has 0 fully saturated rings. The fraction of sp³-hybridized carbons (Fsp3) is 0.909. The van der Waals surface area contributed by atoms with Crippen molar-refractivity contribution in [3.05, 3.63) is 0 Å². The van der Waals surface area contributed by atoms with Gasteiger partial charge in [0.1, 0.15) is 0 Å². The summed E-state index contributed by atoms with van der Waals surface area (Å²) < 4.78 is 4.88. The average Bonchev–Trinajstić information content (AvgIpc) is 2.20. The Morgan fingerprint density at radius 2 is 1.94 bits per heavy atom. The van der Waals surface area contributed by atoms with E-state index in [-0.39, 0.29) is 18.3 Å². The van der Waals surface area contributed by atoms with Crippen LogP contribution >= 0.6 is 12.4 Å². The van der Waals surface area contributed by atoms with Gasteiger partial charge < -0.3 is 15.4 Å². The molecule has 0 heterocycles. The van der Waals surface area contributed by atoms with Crippen LogP contribution in [0.5, 0.6) is 0 Å². The van der Waals surface area contributed by atoms with E-state index in [1.807, 2.05) is 0 Å². The maximum absolute atomic E-state index is 11.3. The molecule has 0 bridgehead atoms. The second-order valence-electron chi connectivity index (χ2n) is 4.03. The number of hydrogen-bond donors (Lipinski definition) is 2. The SMILES string of the molecule is COCCNCCNC(=O)CCC(C)C.Cl. The number of carbonyl (C=O) groups is 1. The molecule has 0 aliphatic heterocycles. The van der Waals surface area contributed by atoms with Crippen molar-refractivity contribution in [3.8, 4) is 0 Å². The number of halogens is 1. The molecule has 5 heteroatoms. The summed E-state index contributed by atoms with van der Waals surface area (Å²) in [5.41, 5.74) is 0. The third-order valence-corrected chi connectivity index (χ3v) is 2.06. The Labute approximate surface area is 105 Å². The molecule has 0 aromatic rings. The Hall–Kier alpha value is -0.320. The summed E-state index contributed by atoms with van der Waals surface area (Å²) in [6.07, 6.45) is 1.60. The molecule has 0 rings (SSSR count). The molecule has 0 radical (unpaired) electrons. The number of carbonyl (C=O) groups excluding carboxylic acids is 1. The van der Waals surface area contributed by atoms with Crippen LogP contribution in [0.15, 0.2) is 0 Å². The van der Waals surface area contributed by atoms with E-state index in [1.54, 1.807) is 7.11 Å². The fourth-order valence-electron chi connectivity index (χ4n) is 1.10. The summed E-state index contributed by atoms with van der Waals surface area (Å²) >= 11 is 0.